The minimum absolute atomic E-state index is 0.0305. The summed E-state index contributed by atoms with van der Waals surface area (Å²) in [4.78, 5) is 17.8. The second kappa shape index (κ2) is 11.2. The van der Waals surface area contributed by atoms with E-state index in [-0.39, 0.29) is 5.91 Å². The third-order valence-electron chi connectivity index (χ3n) is 4.32. The van der Waals surface area contributed by atoms with Crippen molar-refractivity contribution in [2.75, 3.05) is 39.3 Å². The number of piperidine rings is 1. The van der Waals surface area contributed by atoms with Crippen molar-refractivity contribution in [1.82, 2.24) is 15.5 Å². The van der Waals surface area contributed by atoms with E-state index in [4.69, 9.17) is 27.9 Å². The summed E-state index contributed by atoms with van der Waals surface area (Å²) in [7, 11) is 0. The Morgan fingerprint density at radius 1 is 1.22 bits per heavy atom. The first-order valence-electron chi connectivity index (χ1n) is 9.34. The summed E-state index contributed by atoms with van der Waals surface area (Å²) in [5.74, 6) is 2.07. The van der Waals surface area contributed by atoms with Crippen LogP contribution in [-0.2, 0) is 4.79 Å². The van der Waals surface area contributed by atoms with Crippen molar-refractivity contribution in [3.05, 3.63) is 28.2 Å². The topological polar surface area (TPSA) is 66.0 Å². The molecule has 0 radical (unpaired) electrons. The summed E-state index contributed by atoms with van der Waals surface area (Å²) in [6.45, 7) is 8.02. The number of likely N-dealkylation sites (tertiary alicyclic amines) is 1. The van der Waals surface area contributed by atoms with E-state index < -0.39 is 0 Å². The number of nitrogens with zero attached hydrogens (tertiary/aromatic N) is 2. The number of carbonyl (C=O) groups excluding carboxylic acids is 1. The van der Waals surface area contributed by atoms with Crippen LogP contribution >= 0.6 is 23.2 Å². The molecule has 0 saturated carbocycles. The number of guanidine groups is 1. The molecule has 1 aliphatic rings. The average Bonchev–Trinajstić information content (AvgIpc) is 2.62. The van der Waals surface area contributed by atoms with Crippen LogP contribution in [0.25, 0.3) is 0 Å². The third kappa shape index (κ3) is 7.85. The number of aliphatic imine (C=N–C) groups is 1. The molecule has 1 aromatic carbocycles. The van der Waals surface area contributed by atoms with E-state index in [0.29, 0.717) is 41.4 Å². The summed E-state index contributed by atoms with van der Waals surface area (Å²) in [5.41, 5.74) is 0. The van der Waals surface area contributed by atoms with Gasteiger partial charge in [0.1, 0.15) is 5.75 Å². The molecule has 0 unspecified atom stereocenters. The Kier molecular flexibility index (Phi) is 9.01. The maximum Gasteiger partial charge on any atom is 0.216 e. The molecule has 1 aromatic rings. The van der Waals surface area contributed by atoms with E-state index in [2.05, 4.69) is 27.4 Å². The Labute approximate surface area is 171 Å². The van der Waals surface area contributed by atoms with Gasteiger partial charge in [-0.05, 0) is 43.9 Å². The molecule has 0 aromatic heterocycles. The number of rotatable bonds is 7. The van der Waals surface area contributed by atoms with Gasteiger partial charge >= 0.3 is 0 Å². The number of benzene rings is 1. The Bertz CT molecular complexity index is 626. The third-order valence-corrected chi connectivity index (χ3v) is 4.75. The van der Waals surface area contributed by atoms with Crippen LogP contribution in [-0.4, -0.2) is 56.1 Å². The quantitative estimate of drug-likeness (QED) is 0.408. The van der Waals surface area contributed by atoms with Crippen LogP contribution in [0.2, 0.25) is 10.0 Å². The summed E-state index contributed by atoms with van der Waals surface area (Å²) < 4.78 is 5.88. The first-order valence-corrected chi connectivity index (χ1v) is 10.1. The van der Waals surface area contributed by atoms with Gasteiger partial charge in [0, 0.05) is 43.1 Å². The summed E-state index contributed by atoms with van der Waals surface area (Å²) in [6, 6.07) is 5.27. The van der Waals surface area contributed by atoms with Crippen LogP contribution in [0.3, 0.4) is 0 Å². The molecule has 2 N–H and O–H groups in total. The highest BCUT2D eigenvalue weighted by Crippen LogP contribution is 2.26. The Morgan fingerprint density at radius 2 is 1.89 bits per heavy atom. The zero-order chi connectivity index (χ0) is 19.6. The summed E-state index contributed by atoms with van der Waals surface area (Å²) in [6.07, 6.45) is 2.06. The number of halogens is 2. The molecule has 6 nitrogen and oxygen atoms in total. The van der Waals surface area contributed by atoms with Gasteiger partial charge in [0.15, 0.2) is 5.96 Å². The van der Waals surface area contributed by atoms with Crippen LogP contribution in [0.15, 0.2) is 23.2 Å². The van der Waals surface area contributed by atoms with Gasteiger partial charge in [0.05, 0.1) is 13.2 Å². The van der Waals surface area contributed by atoms with Gasteiger partial charge in [-0.25, -0.2) is 0 Å². The van der Waals surface area contributed by atoms with E-state index in [9.17, 15) is 4.79 Å². The van der Waals surface area contributed by atoms with Gasteiger partial charge in [-0.2, -0.15) is 0 Å². The summed E-state index contributed by atoms with van der Waals surface area (Å²) >= 11 is 12.0. The molecule has 1 heterocycles. The lowest BCUT2D eigenvalue weighted by Crippen LogP contribution is -2.46. The van der Waals surface area contributed by atoms with Crippen molar-refractivity contribution in [3.8, 4) is 5.75 Å². The molecule has 1 amide bonds. The highest BCUT2D eigenvalue weighted by Gasteiger charge is 2.22. The average molecular weight is 415 g/mol. The van der Waals surface area contributed by atoms with Crippen LogP contribution in [0, 0.1) is 5.92 Å². The fourth-order valence-corrected chi connectivity index (χ4v) is 3.46. The van der Waals surface area contributed by atoms with E-state index >= 15 is 0 Å². The number of carbonyl (C=O) groups is 1. The second-order valence-corrected chi connectivity index (χ2v) is 7.44. The largest absolute Gasteiger partial charge is 0.493 e. The Balaban J connectivity index is 1.79. The molecule has 8 heteroatoms. The van der Waals surface area contributed by atoms with Gasteiger partial charge in [-0.3, -0.25) is 9.79 Å². The van der Waals surface area contributed by atoms with Crippen LogP contribution in [0.5, 0.6) is 5.75 Å². The van der Waals surface area contributed by atoms with Crippen molar-refractivity contribution in [2.24, 2.45) is 10.9 Å². The molecule has 1 fully saturated rings. The van der Waals surface area contributed by atoms with E-state index in [1.165, 1.54) is 6.92 Å². The number of ether oxygens (including phenoxy) is 1. The predicted octanol–water partition coefficient (Wildman–Crippen LogP) is 3.19. The Hall–Kier alpha value is -1.66. The lowest BCUT2D eigenvalue weighted by molar-refractivity contribution is -0.118. The zero-order valence-electron chi connectivity index (χ0n) is 15.9. The molecule has 2 rings (SSSR count). The molecule has 27 heavy (non-hydrogen) atoms. The number of nitrogens with one attached hydrogen (secondary N) is 2. The maximum absolute atomic E-state index is 10.9. The first-order chi connectivity index (χ1) is 13.0. The number of hydrogen-bond acceptors (Lipinski definition) is 3. The van der Waals surface area contributed by atoms with Crippen molar-refractivity contribution < 1.29 is 9.53 Å². The molecule has 0 atom stereocenters. The molecule has 1 aliphatic heterocycles. The number of amides is 1. The molecule has 150 valence electrons. The minimum atomic E-state index is -0.0305. The van der Waals surface area contributed by atoms with Crippen molar-refractivity contribution in [2.45, 2.75) is 26.7 Å². The molecule has 0 aliphatic carbocycles. The normalized spacial score (nSPS) is 15.6. The fourth-order valence-electron chi connectivity index (χ4n) is 2.96. The SMILES string of the molecule is CCNC(=NCCNC(C)=O)N1CCC(COc2cc(Cl)cc(Cl)c2)CC1. The standard InChI is InChI=1S/C19H28Cl2N4O2/c1-3-22-19(24-7-6-23-14(2)26)25-8-4-15(5-9-25)13-27-18-11-16(20)10-17(21)12-18/h10-12,15H,3-9,13H2,1-2H3,(H,22,24)(H,23,26). The number of hydrogen-bond donors (Lipinski definition) is 2. The Morgan fingerprint density at radius 3 is 2.48 bits per heavy atom. The highest BCUT2D eigenvalue weighted by molar-refractivity contribution is 6.34. The van der Waals surface area contributed by atoms with Crippen molar-refractivity contribution in [1.29, 1.82) is 0 Å². The predicted molar refractivity (Wildman–Crippen MR) is 111 cm³/mol. The van der Waals surface area contributed by atoms with Crippen molar-refractivity contribution in [3.63, 3.8) is 0 Å². The molecule has 0 spiro atoms. The van der Waals surface area contributed by atoms with Gasteiger partial charge in [-0.1, -0.05) is 23.2 Å². The monoisotopic (exact) mass is 414 g/mol. The lowest BCUT2D eigenvalue weighted by Gasteiger charge is -2.34. The zero-order valence-corrected chi connectivity index (χ0v) is 17.4. The highest BCUT2D eigenvalue weighted by atomic mass is 35.5. The van der Waals surface area contributed by atoms with Gasteiger partial charge in [0.2, 0.25) is 5.91 Å². The molecule has 0 bridgehead atoms. The van der Waals surface area contributed by atoms with E-state index in [0.717, 1.165) is 38.4 Å². The summed E-state index contributed by atoms with van der Waals surface area (Å²) in [5, 5.41) is 7.26. The van der Waals surface area contributed by atoms with Crippen LogP contribution in [0.4, 0.5) is 0 Å². The molecular weight excluding hydrogens is 387 g/mol. The fraction of sp³-hybridized carbons (Fsp3) is 0.579. The smallest absolute Gasteiger partial charge is 0.216 e. The van der Waals surface area contributed by atoms with Crippen LogP contribution < -0.4 is 15.4 Å². The van der Waals surface area contributed by atoms with E-state index in [1.54, 1.807) is 18.2 Å². The first kappa shape index (κ1) is 21.6. The molecule has 1 saturated heterocycles. The van der Waals surface area contributed by atoms with Gasteiger partial charge < -0.3 is 20.3 Å². The van der Waals surface area contributed by atoms with Crippen LogP contribution in [0.1, 0.15) is 26.7 Å². The van der Waals surface area contributed by atoms with Gasteiger partial charge in [-0.15, -0.1) is 0 Å². The van der Waals surface area contributed by atoms with Crippen molar-refractivity contribution >= 4 is 35.1 Å². The lowest BCUT2D eigenvalue weighted by atomic mass is 9.98. The van der Waals surface area contributed by atoms with Gasteiger partial charge in [0.25, 0.3) is 0 Å². The second-order valence-electron chi connectivity index (χ2n) is 6.57. The maximum atomic E-state index is 10.9. The molecular formula is C19H28Cl2N4O2. The van der Waals surface area contributed by atoms with E-state index in [1.807, 2.05) is 0 Å². The minimum Gasteiger partial charge on any atom is -0.493 e.